The summed E-state index contributed by atoms with van der Waals surface area (Å²) in [7, 11) is 2.77. The Hall–Kier alpha value is -1.26. The lowest BCUT2D eigenvalue weighted by molar-refractivity contribution is 0.274. The highest BCUT2D eigenvalue weighted by molar-refractivity contribution is 7.13. The smallest absolute Gasteiger partial charge is 0.175 e. The quantitative estimate of drug-likeness (QED) is 0.857. The van der Waals surface area contributed by atoms with Crippen molar-refractivity contribution in [1.82, 2.24) is 19.4 Å². The molecule has 0 aromatic carbocycles. The summed E-state index contributed by atoms with van der Waals surface area (Å²) >= 11 is 0. The van der Waals surface area contributed by atoms with Gasteiger partial charge in [-0.2, -0.15) is 4.79 Å². The average molecular weight is 281 g/mol. The molecule has 19 heavy (non-hydrogen) atoms. The summed E-state index contributed by atoms with van der Waals surface area (Å²) in [5.74, 6) is 0.708. The standard InChI is InChI=1S/C12H17FN5P/c1-8-2-3-9(6-18(8)19)16-11-10-4-5-17(13)12(10)15-7-14-11/h4-5,7-9H,2-3,6,19H2,1H3,(H,14,15,16). The number of aromatic nitrogens is 3. The number of hydrogen-bond donors (Lipinski definition) is 1. The molecule has 0 amide bonds. The second kappa shape index (κ2) is 5.02. The highest BCUT2D eigenvalue weighted by Gasteiger charge is 2.23. The zero-order valence-corrected chi connectivity index (χ0v) is 11.9. The van der Waals surface area contributed by atoms with Gasteiger partial charge in [-0.15, -0.1) is 0 Å². The van der Waals surface area contributed by atoms with Crippen molar-refractivity contribution in [3.8, 4) is 0 Å². The van der Waals surface area contributed by atoms with Crippen LogP contribution in [0.4, 0.5) is 10.3 Å². The molecule has 1 fully saturated rings. The topological polar surface area (TPSA) is 46.0 Å². The Labute approximate surface area is 113 Å². The van der Waals surface area contributed by atoms with Crippen molar-refractivity contribution >= 4 is 26.2 Å². The molecule has 1 aliphatic rings. The summed E-state index contributed by atoms with van der Waals surface area (Å²) in [6.45, 7) is 3.16. The second-order valence-corrected chi connectivity index (χ2v) is 5.71. The van der Waals surface area contributed by atoms with E-state index in [1.165, 1.54) is 12.5 Å². The Morgan fingerprint density at radius 1 is 1.42 bits per heavy atom. The lowest BCUT2D eigenvalue weighted by Crippen LogP contribution is -2.41. The van der Waals surface area contributed by atoms with Gasteiger partial charge < -0.3 is 5.32 Å². The van der Waals surface area contributed by atoms with E-state index in [4.69, 9.17) is 0 Å². The van der Waals surface area contributed by atoms with Gasteiger partial charge in [0.2, 0.25) is 0 Å². The largest absolute Gasteiger partial charge is 0.365 e. The Balaban J connectivity index is 1.82. The molecular formula is C12H17FN5P. The number of fused-ring (bicyclic) bond motifs is 1. The van der Waals surface area contributed by atoms with Crippen molar-refractivity contribution < 1.29 is 4.48 Å². The third kappa shape index (κ3) is 2.42. The van der Waals surface area contributed by atoms with Gasteiger partial charge in [-0.3, -0.25) is 4.67 Å². The van der Waals surface area contributed by atoms with Gasteiger partial charge in [0.1, 0.15) is 12.1 Å². The molecule has 1 aliphatic heterocycles. The van der Waals surface area contributed by atoms with Crippen molar-refractivity contribution in [1.29, 1.82) is 0 Å². The number of nitrogens with zero attached hydrogens (tertiary/aromatic N) is 4. The third-order valence-corrected chi connectivity index (χ3v) is 4.43. The van der Waals surface area contributed by atoms with E-state index < -0.39 is 0 Å². The Morgan fingerprint density at radius 2 is 2.26 bits per heavy atom. The number of hydrogen-bond acceptors (Lipinski definition) is 4. The summed E-state index contributed by atoms with van der Waals surface area (Å²) in [5, 5.41) is 4.12. The molecule has 102 valence electrons. The number of halogens is 1. The second-order valence-electron chi connectivity index (χ2n) is 5.05. The van der Waals surface area contributed by atoms with Gasteiger partial charge in [0, 0.05) is 24.8 Å². The Morgan fingerprint density at radius 3 is 3.05 bits per heavy atom. The molecule has 5 nitrogen and oxygen atoms in total. The van der Waals surface area contributed by atoms with E-state index in [9.17, 15) is 4.48 Å². The fraction of sp³-hybridized carbons (Fsp3) is 0.500. The molecule has 3 unspecified atom stereocenters. The number of nitrogens with one attached hydrogen (secondary N) is 1. The summed E-state index contributed by atoms with van der Waals surface area (Å²) in [5.41, 5.74) is 0.310. The first-order valence-electron chi connectivity index (χ1n) is 6.41. The van der Waals surface area contributed by atoms with Gasteiger partial charge in [0.05, 0.1) is 5.39 Å². The summed E-state index contributed by atoms with van der Waals surface area (Å²) in [4.78, 5) is 8.70. The highest BCUT2D eigenvalue weighted by Crippen LogP contribution is 2.25. The van der Waals surface area contributed by atoms with Crippen LogP contribution in [0.1, 0.15) is 19.8 Å². The van der Waals surface area contributed by atoms with E-state index in [0.29, 0.717) is 28.3 Å². The molecular weight excluding hydrogens is 264 g/mol. The van der Waals surface area contributed by atoms with Gasteiger partial charge in [-0.1, -0.05) is 13.9 Å². The van der Waals surface area contributed by atoms with Crippen LogP contribution in [0.5, 0.6) is 0 Å². The molecule has 3 rings (SSSR count). The van der Waals surface area contributed by atoms with E-state index in [1.807, 2.05) is 0 Å². The van der Waals surface area contributed by atoms with Crippen LogP contribution in [-0.4, -0.2) is 38.1 Å². The molecule has 2 aromatic rings. The van der Waals surface area contributed by atoms with E-state index >= 15 is 0 Å². The zero-order valence-electron chi connectivity index (χ0n) is 10.8. The van der Waals surface area contributed by atoms with Crippen molar-refractivity contribution in [2.45, 2.75) is 31.8 Å². The molecule has 3 atom stereocenters. The summed E-state index contributed by atoms with van der Waals surface area (Å²) < 4.78 is 15.7. The molecule has 0 saturated carbocycles. The van der Waals surface area contributed by atoms with Crippen LogP contribution in [-0.2, 0) is 0 Å². The van der Waals surface area contributed by atoms with Gasteiger partial charge in [-0.25, -0.2) is 9.97 Å². The minimum Gasteiger partial charge on any atom is -0.365 e. The van der Waals surface area contributed by atoms with Gasteiger partial charge in [-0.05, 0) is 25.8 Å². The van der Waals surface area contributed by atoms with Crippen LogP contribution in [0.15, 0.2) is 18.6 Å². The van der Waals surface area contributed by atoms with E-state index in [0.717, 1.165) is 24.8 Å². The van der Waals surface area contributed by atoms with Crippen LogP contribution in [0, 0.1) is 0 Å². The average Bonchev–Trinajstić information content (AvgIpc) is 2.77. The van der Waals surface area contributed by atoms with Crippen LogP contribution in [0.2, 0.25) is 0 Å². The summed E-state index contributed by atoms with van der Waals surface area (Å²) in [6.07, 6.45) is 4.98. The Kier molecular flexibility index (Phi) is 3.37. The SMILES string of the molecule is CC1CCC(Nc2ncnc3c2ccn3F)CN1P. The fourth-order valence-electron chi connectivity index (χ4n) is 2.48. The van der Waals surface area contributed by atoms with Crippen LogP contribution < -0.4 is 5.32 Å². The molecule has 0 radical (unpaired) electrons. The van der Waals surface area contributed by atoms with Crippen molar-refractivity contribution in [3.05, 3.63) is 18.6 Å². The normalized spacial score (nSPS) is 24.8. The van der Waals surface area contributed by atoms with Crippen molar-refractivity contribution in [3.63, 3.8) is 0 Å². The molecule has 2 aromatic heterocycles. The van der Waals surface area contributed by atoms with E-state index in [2.05, 4.69) is 36.3 Å². The maximum Gasteiger partial charge on any atom is 0.175 e. The van der Waals surface area contributed by atoms with Crippen molar-refractivity contribution in [2.75, 3.05) is 11.9 Å². The fourth-order valence-corrected chi connectivity index (χ4v) is 2.88. The first-order valence-corrected chi connectivity index (χ1v) is 6.93. The number of rotatable bonds is 2. The minimum atomic E-state index is 0.310. The van der Waals surface area contributed by atoms with Crippen LogP contribution in [0.3, 0.4) is 0 Å². The molecule has 1 saturated heterocycles. The van der Waals surface area contributed by atoms with E-state index in [1.54, 1.807) is 6.07 Å². The molecule has 0 aliphatic carbocycles. The molecule has 7 heteroatoms. The predicted molar refractivity (Wildman–Crippen MR) is 76.6 cm³/mol. The molecule has 1 N–H and O–H groups in total. The number of piperidine rings is 1. The minimum absolute atomic E-state index is 0.310. The van der Waals surface area contributed by atoms with E-state index in [-0.39, 0.29) is 0 Å². The zero-order chi connectivity index (χ0) is 13.4. The maximum absolute atomic E-state index is 13.4. The molecule has 0 bridgehead atoms. The van der Waals surface area contributed by atoms with Gasteiger partial charge in [0.15, 0.2) is 5.65 Å². The maximum atomic E-state index is 13.4. The van der Waals surface area contributed by atoms with Crippen LogP contribution in [0.25, 0.3) is 11.0 Å². The first kappa shape index (κ1) is 12.8. The lowest BCUT2D eigenvalue weighted by Gasteiger charge is -2.35. The predicted octanol–water partition coefficient (Wildman–Crippen LogP) is 2.22. The monoisotopic (exact) mass is 281 g/mol. The Bertz CT molecular complexity index is 587. The van der Waals surface area contributed by atoms with Gasteiger partial charge >= 0.3 is 0 Å². The molecule has 0 spiro atoms. The summed E-state index contributed by atoms with van der Waals surface area (Å²) in [6, 6.07) is 2.61. The lowest BCUT2D eigenvalue weighted by atomic mass is 10.0. The molecule has 3 heterocycles. The number of anilines is 1. The van der Waals surface area contributed by atoms with Crippen molar-refractivity contribution in [2.24, 2.45) is 0 Å². The highest BCUT2D eigenvalue weighted by atomic mass is 31.0. The van der Waals surface area contributed by atoms with Crippen LogP contribution >= 0.6 is 9.39 Å². The first-order chi connectivity index (χ1) is 9.15. The third-order valence-electron chi connectivity index (χ3n) is 3.71. The van der Waals surface area contributed by atoms with Gasteiger partial charge in [0.25, 0.3) is 0 Å².